The first-order valence-corrected chi connectivity index (χ1v) is 7.03. The van der Waals surface area contributed by atoms with Crippen LogP contribution >= 0.6 is 0 Å². The van der Waals surface area contributed by atoms with Crippen molar-refractivity contribution in [2.45, 2.75) is 13.0 Å². The summed E-state index contributed by atoms with van der Waals surface area (Å²) in [4.78, 5) is 3.18. The van der Waals surface area contributed by atoms with Crippen molar-refractivity contribution in [1.82, 2.24) is 10.3 Å². The number of hydrogen-bond acceptors (Lipinski definition) is 1. The lowest BCUT2D eigenvalue weighted by atomic mass is 9.96. The van der Waals surface area contributed by atoms with Crippen LogP contribution in [0.15, 0.2) is 36.4 Å². The van der Waals surface area contributed by atoms with Gasteiger partial charge in [-0.2, -0.15) is 0 Å². The summed E-state index contributed by atoms with van der Waals surface area (Å²) in [5.41, 5.74) is 3.82. The molecule has 0 aliphatic carbocycles. The third-order valence-corrected chi connectivity index (χ3v) is 4.11. The Morgan fingerprint density at radius 3 is 2.62 bits per heavy atom. The van der Waals surface area contributed by atoms with E-state index in [-0.39, 0.29) is 11.6 Å². The number of aromatic amines is 1. The molecule has 0 radical (unpaired) electrons. The van der Waals surface area contributed by atoms with Crippen LogP contribution in [0, 0.1) is 11.6 Å². The molecule has 0 saturated heterocycles. The highest BCUT2D eigenvalue weighted by Gasteiger charge is 2.21. The predicted octanol–water partition coefficient (Wildman–Crippen LogP) is 3.76. The van der Waals surface area contributed by atoms with E-state index in [0.717, 1.165) is 35.2 Å². The van der Waals surface area contributed by atoms with Crippen LogP contribution in [0.5, 0.6) is 0 Å². The lowest BCUT2D eigenvalue weighted by Crippen LogP contribution is -2.23. The highest BCUT2D eigenvalue weighted by atomic mass is 19.1. The van der Waals surface area contributed by atoms with Crippen LogP contribution in [0.1, 0.15) is 11.3 Å². The number of nitrogens with one attached hydrogen (secondary N) is 2. The van der Waals surface area contributed by atoms with Crippen molar-refractivity contribution >= 4 is 10.9 Å². The van der Waals surface area contributed by atoms with Crippen LogP contribution in [0.3, 0.4) is 0 Å². The minimum atomic E-state index is -0.292. The predicted molar refractivity (Wildman–Crippen MR) is 79.1 cm³/mol. The van der Waals surface area contributed by atoms with Gasteiger partial charge < -0.3 is 10.3 Å². The molecule has 106 valence electrons. The maximum atomic E-state index is 14.1. The highest BCUT2D eigenvalue weighted by molar-refractivity contribution is 5.99. The summed E-state index contributed by atoms with van der Waals surface area (Å²) >= 11 is 0. The zero-order valence-electron chi connectivity index (χ0n) is 11.3. The third-order valence-electron chi connectivity index (χ3n) is 4.11. The van der Waals surface area contributed by atoms with Crippen LogP contribution in [-0.2, 0) is 13.0 Å². The molecule has 1 aromatic heterocycles. The number of fused-ring (bicyclic) bond motifs is 3. The molecule has 0 unspecified atom stereocenters. The molecule has 1 aliphatic rings. The van der Waals surface area contributed by atoms with E-state index in [4.69, 9.17) is 0 Å². The maximum absolute atomic E-state index is 14.1. The lowest BCUT2D eigenvalue weighted by molar-refractivity contribution is 0.630. The van der Waals surface area contributed by atoms with Crippen molar-refractivity contribution in [3.05, 3.63) is 59.3 Å². The van der Waals surface area contributed by atoms with Gasteiger partial charge >= 0.3 is 0 Å². The Labute approximate surface area is 120 Å². The van der Waals surface area contributed by atoms with Crippen molar-refractivity contribution in [3.63, 3.8) is 0 Å². The summed E-state index contributed by atoms with van der Waals surface area (Å²) in [6.07, 6.45) is 0.833. The Kier molecular flexibility index (Phi) is 2.79. The normalized spacial score (nSPS) is 14.4. The first kappa shape index (κ1) is 12.5. The average Bonchev–Trinajstić information content (AvgIpc) is 2.89. The third kappa shape index (κ3) is 1.87. The van der Waals surface area contributed by atoms with Gasteiger partial charge in [0, 0.05) is 36.2 Å². The Balaban J connectivity index is 2.08. The monoisotopic (exact) mass is 284 g/mol. The fourth-order valence-corrected chi connectivity index (χ4v) is 3.13. The van der Waals surface area contributed by atoms with E-state index in [1.807, 2.05) is 0 Å². The fourth-order valence-electron chi connectivity index (χ4n) is 3.13. The van der Waals surface area contributed by atoms with E-state index in [1.54, 1.807) is 24.3 Å². The van der Waals surface area contributed by atoms with Crippen molar-refractivity contribution in [2.75, 3.05) is 6.54 Å². The zero-order valence-corrected chi connectivity index (χ0v) is 11.3. The summed E-state index contributed by atoms with van der Waals surface area (Å²) in [7, 11) is 0. The molecule has 2 N–H and O–H groups in total. The molecule has 1 aliphatic heterocycles. The Bertz CT molecular complexity index is 836. The van der Waals surface area contributed by atoms with Gasteiger partial charge in [-0.15, -0.1) is 0 Å². The quantitative estimate of drug-likeness (QED) is 0.699. The van der Waals surface area contributed by atoms with Gasteiger partial charge in [0.05, 0.1) is 5.52 Å². The molecule has 0 atom stereocenters. The number of benzene rings is 2. The van der Waals surface area contributed by atoms with E-state index in [2.05, 4.69) is 10.3 Å². The van der Waals surface area contributed by atoms with Gasteiger partial charge in [0.15, 0.2) is 0 Å². The van der Waals surface area contributed by atoms with E-state index in [9.17, 15) is 8.78 Å². The summed E-state index contributed by atoms with van der Waals surface area (Å²) < 4.78 is 28.2. The highest BCUT2D eigenvalue weighted by Crippen LogP contribution is 2.36. The molecule has 21 heavy (non-hydrogen) atoms. The lowest BCUT2D eigenvalue weighted by Gasteiger charge is -2.14. The number of halogens is 2. The summed E-state index contributed by atoms with van der Waals surface area (Å²) in [6, 6.07) is 9.69. The van der Waals surface area contributed by atoms with Gasteiger partial charge in [-0.3, -0.25) is 0 Å². The van der Waals surface area contributed by atoms with Crippen LogP contribution in [0.4, 0.5) is 8.78 Å². The van der Waals surface area contributed by atoms with E-state index < -0.39 is 0 Å². The topological polar surface area (TPSA) is 27.8 Å². The second-order valence-electron chi connectivity index (χ2n) is 5.33. The molecular formula is C17H14F2N2. The fraction of sp³-hybridized carbons (Fsp3) is 0.176. The van der Waals surface area contributed by atoms with Crippen LogP contribution in [0.2, 0.25) is 0 Å². The van der Waals surface area contributed by atoms with Crippen molar-refractivity contribution in [3.8, 4) is 11.1 Å². The molecule has 4 rings (SSSR count). The number of aromatic nitrogens is 1. The van der Waals surface area contributed by atoms with Crippen LogP contribution in [0.25, 0.3) is 22.0 Å². The molecule has 2 heterocycles. The summed E-state index contributed by atoms with van der Waals surface area (Å²) in [6.45, 7) is 1.55. The van der Waals surface area contributed by atoms with Crippen molar-refractivity contribution in [1.29, 1.82) is 0 Å². The molecule has 3 aromatic rings. The van der Waals surface area contributed by atoms with Gasteiger partial charge in [-0.05, 0) is 23.3 Å². The van der Waals surface area contributed by atoms with Crippen LogP contribution in [-0.4, -0.2) is 11.5 Å². The van der Waals surface area contributed by atoms with E-state index in [0.29, 0.717) is 17.6 Å². The van der Waals surface area contributed by atoms with Gasteiger partial charge in [0.25, 0.3) is 0 Å². The SMILES string of the molecule is Fc1ccccc1-c1ccc(F)c2[nH]c3c(c12)CNCC3. The molecule has 0 saturated carbocycles. The van der Waals surface area contributed by atoms with Gasteiger partial charge in [-0.25, -0.2) is 8.78 Å². The van der Waals surface area contributed by atoms with Gasteiger partial charge in [0.2, 0.25) is 0 Å². The molecular weight excluding hydrogens is 270 g/mol. The zero-order chi connectivity index (χ0) is 14.4. The van der Waals surface area contributed by atoms with Gasteiger partial charge in [-0.1, -0.05) is 24.3 Å². The average molecular weight is 284 g/mol. The maximum Gasteiger partial charge on any atom is 0.147 e. The largest absolute Gasteiger partial charge is 0.356 e. The van der Waals surface area contributed by atoms with Gasteiger partial charge in [0.1, 0.15) is 11.6 Å². The van der Waals surface area contributed by atoms with E-state index >= 15 is 0 Å². The molecule has 0 spiro atoms. The Morgan fingerprint density at radius 2 is 1.76 bits per heavy atom. The first-order chi connectivity index (χ1) is 10.3. The van der Waals surface area contributed by atoms with Crippen LogP contribution < -0.4 is 5.32 Å². The summed E-state index contributed by atoms with van der Waals surface area (Å²) in [5.74, 6) is -0.580. The smallest absolute Gasteiger partial charge is 0.147 e. The second kappa shape index (κ2) is 4.67. The second-order valence-corrected chi connectivity index (χ2v) is 5.33. The molecule has 4 heteroatoms. The minimum Gasteiger partial charge on any atom is -0.356 e. The Morgan fingerprint density at radius 1 is 0.905 bits per heavy atom. The molecule has 0 fully saturated rings. The number of H-pyrrole nitrogens is 1. The number of rotatable bonds is 1. The molecule has 2 nitrogen and oxygen atoms in total. The first-order valence-electron chi connectivity index (χ1n) is 7.03. The summed E-state index contributed by atoms with van der Waals surface area (Å²) in [5, 5.41) is 4.09. The molecule has 2 aromatic carbocycles. The number of hydrogen-bond donors (Lipinski definition) is 2. The Hall–Kier alpha value is -2.20. The van der Waals surface area contributed by atoms with E-state index in [1.165, 1.54) is 12.1 Å². The molecule has 0 bridgehead atoms. The van der Waals surface area contributed by atoms with Crippen molar-refractivity contribution in [2.24, 2.45) is 0 Å². The standard InChI is InChI=1S/C17H14F2N2/c18-13-4-2-1-3-10(13)11-5-6-14(19)17-16(11)12-9-20-8-7-15(12)21-17/h1-6,20-21H,7-9H2. The van der Waals surface area contributed by atoms with Crippen molar-refractivity contribution < 1.29 is 8.78 Å². The minimum absolute atomic E-state index is 0.288. The molecule has 0 amide bonds.